The lowest BCUT2D eigenvalue weighted by molar-refractivity contribution is 1.09. The smallest absolute Gasteiger partial charge is 0.0459 e. The highest BCUT2D eigenvalue weighted by Gasteiger charge is 2.11. The molecule has 2 aromatic rings. The normalized spacial score (nSPS) is 12.8. The van der Waals surface area contributed by atoms with Crippen molar-refractivity contribution >= 4 is 17.1 Å². The van der Waals surface area contributed by atoms with Crippen molar-refractivity contribution in [3.05, 3.63) is 102 Å². The van der Waals surface area contributed by atoms with Crippen LogP contribution in [0.25, 0.3) is 0 Å². The second-order valence-electron chi connectivity index (χ2n) is 5.92. The van der Waals surface area contributed by atoms with Gasteiger partial charge in [0.15, 0.2) is 0 Å². The molecule has 0 aromatic heterocycles. The highest BCUT2D eigenvalue weighted by molar-refractivity contribution is 5.66. The van der Waals surface area contributed by atoms with Crippen LogP contribution in [-0.2, 0) is 0 Å². The molecule has 2 rings (SSSR count). The predicted molar refractivity (Wildman–Crippen MR) is 116 cm³/mol. The van der Waals surface area contributed by atoms with Crippen LogP contribution in [0.4, 0.5) is 17.1 Å². The van der Waals surface area contributed by atoms with E-state index in [-0.39, 0.29) is 0 Å². The van der Waals surface area contributed by atoms with Crippen molar-refractivity contribution in [1.82, 2.24) is 0 Å². The molecule has 2 nitrogen and oxygen atoms in total. The van der Waals surface area contributed by atoms with E-state index in [9.17, 15) is 0 Å². The fourth-order valence-corrected chi connectivity index (χ4v) is 2.72. The molecule has 0 heterocycles. The van der Waals surface area contributed by atoms with Gasteiger partial charge in [-0.25, -0.2) is 0 Å². The lowest BCUT2D eigenvalue weighted by Gasteiger charge is -2.27. The van der Waals surface area contributed by atoms with Crippen molar-refractivity contribution in [1.29, 1.82) is 0 Å². The number of anilines is 3. The summed E-state index contributed by atoms with van der Waals surface area (Å²) in [4.78, 5) is 2.26. The molecule has 1 N–H and O–H groups in total. The summed E-state index contributed by atoms with van der Waals surface area (Å²) < 4.78 is 0. The van der Waals surface area contributed by atoms with Gasteiger partial charge in [0, 0.05) is 28.5 Å². The minimum atomic E-state index is 1.07. The zero-order valence-electron chi connectivity index (χ0n) is 16.1. The minimum Gasteiger partial charge on any atom is -0.356 e. The number of nitrogens with one attached hydrogen (secondary N) is 1. The van der Waals surface area contributed by atoms with Gasteiger partial charge >= 0.3 is 0 Å². The first kappa shape index (κ1) is 19.3. The molecule has 0 amide bonds. The van der Waals surface area contributed by atoms with Gasteiger partial charge < -0.3 is 10.2 Å². The van der Waals surface area contributed by atoms with Crippen LogP contribution in [0, 0.1) is 0 Å². The summed E-state index contributed by atoms with van der Waals surface area (Å²) in [6.07, 6.45) is 12.6. The van der Waals surface area contributed by atoms with Crippen LogP contribution >= 0.6 is 0 Å². The first-order chi connectivity index (χ1) is 12.7. The maximum atomic E-state index is 3.43. The summed E-state index contributed by atoms with van der Waals surface area (Å²) in [7, 11) is 0. The van der Waals surface area contributed by atoms with E-state index < -0.39 is 0 Å². The van der Waals surface area contributed by atoms with E-state index in [4.69, 9.17) is 0 Å². The number of para-hydroxylation sites is 1. The Bertz CT molecular complexity index is 794. The van der Waals surface area contributed by atoms with E-state index in [0.29, 0.717) is 0 Å². The molecule has 2 heteroatoms. The monoisotopic (exact) mass is 344 g/mol. The molecule has 0 aliphatic rings. The summed E-state index contributed by atoms with van der Waals surface area (Å²) in [6.45, 7) is 8.26. The average Bonchev–Trinajstić information content (AvgIpc) is 2.68. The molecule has 0 fully saturated rings. The van der Waals surface area contributed by atoms with Crippen LogP contribution in [0.2, 0.25) is 0 Å². The SMILES string of the molecule is C/C=C\C=C(/C)N(C(/C=C\C)=C/C)c1ccc(Nc2ccccc2)cc1. The Hall–Kier alpha value is -3.00. The number of allylic oxidation sites excluding steroid dienone is 7. The van der Waals surface area contributed by atoms with Gasteiger partial charge in [-0.05, 0) is 76.2 Å². The average molecular weight is 345 g/mol. The van der Waals surface area contributed by atoms with Gasteiger partial charge in [0.05, 0.1) is 0 Å². The van der Waals surface area contributed by atoms with Crippen molar-refractivity contribution in [3.8, 4) is 0 Å². The van der Waals surface area contributed by atoms with Gasteiger partial charge in [0.2, 0.25) is 0 Å². The van der Waals surface area contributed by atoms with Crippen LogP contribution in [0.5, 0.6) is 0 Å². The van der Waals surface area contributed by atoms with Crippen LogP contribution in [0.3, 0.4) is 0 Å². The van der Waals surface area contributed by atoms with Crippen LogP contribution in [0.15, 0.2) is 102 Å². The first-order valence-electron chi connectivity index (χ1n) is 9.00. The van der Waals surface area contributed by atoms with E-state index in [1.807, 2.05) is 38.1 Å². The highest BCUT2D eigenvalue weighted by atomic mass is 15.1. The molecular weight excluding hydrogens is 316 g/mol. The second kappa shape index (κ2) is 10.1. The van der Waals surface area contributed by atoms with Gasteiger partial charge in [-0.15, -0.1) is 0 Å². The van der Waals surface area contributed by atoms with Crippen LogP contribution in [-0.4, -0.2) is 0 Å². The number of hydrogen-bond acceptors (Lipinski definition) is 2. The maximum Gasteiger partial charge on any atom is 0.0459 e. The Morgan fingerprint density at radius 3 is 2.08 bits per heavy atom. The molecular formula is C24H28N2. The Labute approximate surface area is 157 Å². The van der Waals surface area contributed by atoms with E-state index in [2.05, 4.69) is 90.8 Å². The molecule has 134 valence electrons. The Morgan fingerprint density at radius 1 is 0.846 bits per heavy atom. The molecule has 0 bridgehead atoms. The fraction of sp³-hybridized carbons (Fsp3) is 0.167. The third kappa shape index (κ3) is 5.25. The molecule has 26 heavy (non-hydrogen) atoms. The van der Waals surface area contributed by atoms with Crippen molar-refractivity contribution in [3.63, 3.8) is 0 Å². The maximum absolute atomic E-state index is 3.43. The Balaban J connectivity index is 2.32. The fourth-order valence-electron chi connectivity index (χ4n) is 2.72. The van der Waals surface area contributed by atoms with E-state index in [1.165, 1.54) is 0 Å². The number of rotatable bonds is 7. The van der Waals surface area contributed by atoms with Crippen molar-refractivity contribution < 1.29 is 0 Å². The van der Waals surface area contributed by atoms with E-state index in [1.54, 1.807) is 0 Å². The number of hydrogen-bond donors (Lipinski definition) is 1. The Morgan fingerprint density at radius 2 is 1.50 bits per heavy atom. The molecule has 0 saturated heterocycles. The summed E-state index contributed by atoms with van der Waals surface area (Å²) in [5.74, 6) is 0. The van der Waals surface area contributed by atoms with E-state index in [0.717, 1.165) is 28.5 Å². The Kier molecular flexibility index (Phi) is 7.50. The van der Waals surface area contributed by atoms with Gasteiger partial charge in [-0.3, -0.25) is 0 Å². The molecule has 0 saturated carbocycles. The largest absolute Gasteiger partial charge is 0.356 e. The van der Waals surface area contributed by atoms with Gasteiger partial charge in [-0.2, -0.15) is 0 Å². The molecule has 2 aromatic carbocycles. The summed E-state index contributed by atoms with van der Waals surface area (Å²) in [5.41, 5.74) is 5.60. The molecule has 0 aliphatic heterocycles. The van der Waals surface area contributed by atoms with Crippen LogP contribution in [0.1, 0.15) is 27.7 Å². The summed E-state index contributed by atoms with van der Waals surface area (Å²) >= 11 is 0. The predicted octanol–water partition coefficient (Wildman–Crippen LogP) is 7.20. The molecule has 0 spiro atoms. The topological polar surface area (TPSA) is 15.3 Å². The van der Waals surface area contributed by atoms with E-state index >= 15 is 0 Å². The highest BCUT2D eigenvalue weighted by Crippen LogP contribution is 2.27. The number of nitrogens with zero attached hydrogens (tertiary/aromatic N) is 1. The quantitative estimate of drug-likeness (QED) is 0.534. The zero-order valence-corrected chi connectivity index (χ0v) is 16.1. The van der Waals surface area contributed by atoms with Crippen molar-refractivity contribution in [2.75, 3.05) is 10.2 Å². The molecule has 0 radical (unpaired) electrons. The van der Waals surface area contributed by atoms with Gasteiger partial charge in [0.25, 0.3) is 0 Å². The molecule has 0 aliphatic carbocycles. The van der Waals surface area contributed by atoms with Crippen molar-refractivity contribution in [2.45, 2.75) is 27.7 Å². The third-order valence-electron chi connectivity index (χ3n) is 3.96. The summed E-state index contributed by atoms with van der Waals surface area (Å²) in [5, 5.41) is 3.43. The lowest BCUT2D eigenvalue weighted by Crippen LogP contribution is -2.19. The standard InChI is InChI=1S/C24H28N2/c1-5-8-13-20(4)26(23(7-3)12-6-2)24-18-16-22(17-19-24)25-21-14-10-9-11-15-21/h5-19,25H,1-4H3/b8-5-,12-6-,20-13+,23-7+. The van der Waals surface area contributed by atoms with Crippen LogP contribution < -0.4 is 10.2 Å². The summed E-state index contributed by atoms with van der Waals surface area (Å²) in [6, 6.07) is 18.7. The minimum absolute atomic E-state index is 1.07. The number of benzene rings is 2. The molecule has 0 atom stereocenters. The zero-order chi connectivity index (χ0) is 18.8. The lowest BCUT2D eigenvalue weighted by atomic mass is 10.2. The van der Waals surface area contributed by atoms with Gasteiger partial charge in [0.1, 0.15) is 0 Å². The molecule has 0 unspecified atom stereocenters. The van der Waals surface area contributed by atoms with Crippen molar-refractivity contribution in [2.24, 2.45) is 0 Å². The second-order valence-corrected chi connectivity index (χ2v) is 5.92. The van der Waals surface area contributed by atoms with Gasteiger partial charge in [-0.1, -0.05) is 42.5 Å². The third-order valence-corrected chi connectivity index (χ3v) is 3.96. The first-order valence-corrected chi connectivity index (χ1v) is 9.00.